The average Bonchev–Trinajstić information content (AvgIpc) is 2.33. The molecule has 0 aromatic carbocycles. The van der Waals surface area contributed by atoms with Gasteiger partial charge in [0.1, 0.15) is 0 Å². The Morgan fingerprint density at radius 3 is 1.95 bits per heavy atom. The number of Topliss-reactive ketones (excluding diaryl/α,β-unsaturated/α-hetero) is 2. The second-order valence-corrected chi connectivity index (χ2v) is 5.64. The molecule has 4 heteroatoms. The minimum absolute atomic E-state index is 0.0999. The zero-order valence-electron chi connectivity index (χ0n) is 12.4. The molecule has 0 radical (unpaired) electrons. The Kier molecular flexibility index (Phi) is 4.13. The number of ketones is 2. The van der Waals surface area contributed by atoms with Crippen molar-refractivity contribution in [2.24, 2.45) is 5.41 Å². The molecule has 4 nitrogen and oxygen atoms in total. The van der Waals surface area contributed by atoms with Crippen LogP contribution >= 0.6 is 0 Å². The van der Waals surface area contributed by atoms with Gasteiger partial charge in [-0.3, -0.25) is 14.4 Å². The van der Waals surface area contributed by atoms with Gasteiger partial charge in [-0.15, -0.1) is 0 Å². The largest absolute Gasteiger partial charge is 0.359 e. The van der Waals surface area contributed by atoms with Crippen LogP contribution in [0.5, 0.6) is 0 Å². The molecule has 0 spiro atoms. The van der Waals surface area contributed by atoms with Gasteiger partial charge in [-0.2, -0.15) is 0 Å². The Morgan fingerprint density at radius 1 is 1.00 bits per heavy atom. The summed E-state index contributed by atoms with van der Waals surface area (Å²) < 4.78 is 0. The van der Waals surface area contributed by atoms with Crippen molar-refractivity contribution in [2.45, 2.75) is 41.0 Å². The van der Waals surface area contributed by atoms with Gasteiger partial charge in [0.2, 0.25) is 5.91 Å². The molecular weight excluding hydrogens is 242 g/mol. The first kappa shape index (κ1) is 15.3. The summed E-state index contributed by atoms with van der Waals surface area (Å²) in [6.07, 6.45) is 0.182. The molecule has 0 saturated carbocycles. The third-order valence-corrected chi connectivity index (χ3v) is 3.74. The zero-order chi connectivity index (χ0) is 15.0. The van der Waals surface area contributed by atoms with E-state index in [9.17, 15) is 14.4 Å². The summed E-state index contributed by atoms with van der Waals surface area (Å²) in [6, 6.07) is 0. The fraction of sp³-hybridized carbons (Fsp3) is 0.533. The monoisotopic (exact) mass is 263 g/mol. The molecular formula is C15H21NO3. The van der Waals surface area contributed by atoms with Gasteiger partial charge in [0.15, 0.2) is 11.6 Å². The molecule has 1 aliphatic rings. The second-order valence-electron chi connectivity index (χ2n) is 5.64. The minimum atomic E-state index is -0.654. The van der Waals surface area contributed by atoms with E-state index in [4.69, 9.17) is 0 Å². The molecule has 0 bridgehead atoms. The maximum absolute atomic E-state index is 12.4. The van der Waals surface area contributed by atoms with E-state index in [-0.39, 0.29) is 23.9 Å². The van der Waals surface area contributed by atoms with Crippen molar-refractivity contribution in [3.05, 3.63) is 22.3 Å². The number of nitrogens with one attached hydrogen (secondary N) is 1. The van der Waals surface area contributed by atoms with Gasteiger partial charge < -0.3 is 5.32 Å². The minimum Gasteiger partial charge on any atom is -0.359 e. The van der Waals surface area contributed by atoms with E-state index < -0.39 is 5.41 Å². The first-order valence-electron chi connectivity index (χ1n) is 6.32. The molecule has 0 saturated heterocycles. The summed E-state index contributed by atoms with van der Waals surface area (Å²) in [5, 5.41) is 2.55. The van der Waals surface area contributed by atoms with Crippen molar-refractivity contribution in [1.29, 1.82) is 0 Å². The lowest BCUT2D eigenvalue weighted by Crippen LogP contribution is -2.34. The highest BCUT2D eigenvalue weighted by molar-refractivity contribution is 6.25. The Labute approximate surface area is 113 Å². The number of rotatable bonds is 3. The van der Waals surface area contributed by atoms with Crippen LogP contribution in [0.2, 0.25) is 0 Å². The summed E-state index contributed by atoms with van der Waals surface area (Å²) >= 11 is 0. The van der Waals surface area contributed by atoms with E-state index in [2.05, 4.69) is 5.32 Å². The maximum Gasteiger partial charge on any atom is 0.220 e. The smallest absolute Gasteiger partial charge is 0.220 e. The Bertz CT molecular complexity index is 522. The van der Waals surface area contributed by atoms with Crippen molar-refractivity contribution in [1.82, 2.24) is 5.32 Å². The molecule has 0 aromatic heterocycles. The van der Waals surface area contributed by atoms with Crippen molar-refractivity contribution < 1.29 is 14.4 Å². The highest BCUT2D eigenvalue weighted by Gasteiger charge is 2.38. The van der Waals surface area contributed by atoms with Gasteiger partial charge >= 0.3 is 0 Å². The Hall–Kier alpha value is -1.71. The van der Waals surface area contributed by atoms with E-state index in [1.165, 1.54) is 0 Å². The number of carbonyl (C=O) groups excluding carboxylic acids is 3. The van der Waals surface area contributed by atoms with E-state index in [1.807, 2.05) is 13.8 Å². The van der Waals surface area contributed by atoms with E-state index in [0.29, 0.717) is 22.3 Å². The van der Waals surface area contributed by atoms with Crippen molar-refractivity contribution in [3.63, 3.8) is 0 Å². The van der Waals surface area contributed by atoms with Crippen LogP contribution in [0.4, 0.5) is 0 Å². The second kappa shape index (κ2) is 5.11. The lowest BCUT2D eigenvalue weighted by Gasteiger charge is -2.31. The van der Waals surface area contributed by atoms with Gasteiger partial charge in [0.25, 0.3) is 0 Å². The average molecular weight is 263 g/mol. The molecule has 1 aliphatic carbocycles. The fourth-order valence-corrected chi connectivity index (χ4v) is 2.49. The van der Waals surface area contributed by atoms with Crippen LogP contribution in [-0.2, 0) is 14.4 Å². The van der Waals surface area contributed by atoms with Crippen LogP contribution in [0.25, 0.3) is 0 Å². The molecule has 19 heavy (non-hydrogen) atoms. The molecule has 0 atom stereocenters. The standard InChI is InChI=1S/C15H21NO3/c1-8-9(2)14(19)12(10(3)13(8)18)15(4,5)7-11(17)16-6/h7H2,1-6H3,(H,16,17). The fourth-order valence-electron chi connectivity index (χ4n) is 2.49. The third-order valence-electron chi connectivity index (χ3n) is 3.74. The summed E-state index contributed by atoms with van der Waals surface area (Å²) in [7, 11) is 1.56. The van der Waals surface area contributed by atoms with Crippen LogP contribution in [0.3, 0.4) is 0 Å². The lowest BCUT2D eigenvalue weighted by molar-refractivity contribution is -0.122. The highest BCUT2D eigenvalue weighted by atomic mass is 16.2. The lowest BCUT2D eigenvalue weighted by atomic mass is 9.71. The van der Waals surface area contributed by atoms with Crippen LogP contribution in [0, 0.1) is 5.41 Å². The quantitative estimate of drug-likeness (QED) is 0.792. The molecule has 1 N–H and O–H groups in total. The zero-order valence-corrected chi connectivity index (χ0v) is 12.4. The maximum atomic E-state index is 12.4. The number of allylic oxidation sites excluding steroid dienone is 4. The number of hydrogen-bond acceptors (Lipinski definition) is 3. The number of amides is 1. The van der Waals surface area contributed by atoms with Gasteiger partial charge in [0.05, 0.1) is 0 Å². The topological polar surface area (TPSA) is 63.2 Å². The SMILES string of the molecule is CNC(=O)CC(C)(C)C1=C(C)C(=O)C(C)=C(C)C1=O. The molecule has 104 valence electrons. The molecule has 0 unspecified atom stereocenters. The van der Waals surface area contributed by atoms with E-state index in [1.54, 1.807) is 27.8 Å². The van der Waals surface area contributed by atoms with Crippen molar-refractivity contribution >= 4 is 17.5 Å². The van der Waals surface area contributed by atoms with Gasteiger partial charge in [-0.1, -0.05) is 13.8 Å². The molecule has 1 rings (SSSR count). The molecule has 1 amide bonds. The van der Waals surface area contributed by atoms with Crippen LogP contribution in [0.15, 0.2) is 22.3 Å². The Morgan fingerprint density at radius 2 is 1.47 bits per heavy atom. The summed E-state index contributed by atoms with van der Waals surface area (Å²) in [5.41, 5.74) is 1.25. The summed E-state index contributed by atoms with van der Waals surface area (Å²) in [5.74, 6) is -0.366. The first-order valence-corrected chi connectivity index (χ1v) is 6.32. The van der Waals surface area contributed by atoms with Crippen LogP contribution in [-0.4, -0.2) is 24.5 Å². The van der Waals surface area contributed by atoms with Gasteiger partial charge in [-0.05, 0) is 20.8 Å². The predicted molar refractivity (Wildman–Crippen MR) is 73.6 cm³/mol. The normalized spacial score (nSPS) is 17.2. The summed E-state index contributed by atoms with van der Waals surface area (Å²) in [4.78, 5) is 36.1. The Balaban J connectivity index is 3.29. The van der Waals surface area contributed by atoms with Crippen LogP contribution in [0.1, 0.15) is 41.0 Å². The third kappa shape index (κ3) is 2.67. The van der Waals surface area contributed by atoms with E-state index >= 15 is 0 Å². The van der Waals surface area contributed by atoms with Crippen LogP contribution < -0.4 is 5.32 Å². The van der Waals surface area contributed by atoms with Gasteiger partial charge in [0, 0.05) is 41.2 Å². The molecule has 0 aromatic rings. The molecule has 0 heterocycles. The number of hydrogen-bond donors (Lipinski definition) is 1. The van der Waals surface area contributed by atoms with Gasteiger partial charge in [-0.25, -0.2) is 0 Å². The molecule has 0 aliphatic heterocycles. The van der Waals surface area contributed by atoms with E-state index in [0.717, 1.165) is 0 Å². The first-order chi connectivity index (χ1) is 8.63. The molecule has 0 fully saturated rings. The summed E-state index contributed by atoms with van der Waals surface area (Å²) in [6.45, 7) is 8.64. The predicted octanol–water partition coefficient (Wildman–Crippen LogP) is 1.95. The van der Waals surface area contributed by atoms with Crippen molar-refractivity contribution in [2.75, 3.05) is 7.05 Å². The number of carbonyl (C=O) groups is 3. The van der Waals surface area contributed by atoms with Crippen molar-refractivity contribution in [3.8, 4) is 0 Å². The highest BCUT2D eigenvalue weighted by Crippen LogP contribution is 2.38.